The summed E-state index contributed by atoms with van der Waals surface area (Å²) in [5.41, 5.74) is 6.54. The minimum absolute atomic E-state index is 0.0567. The highest BCUT2D eigenvalue weighted by molar-refractivity contribution is 9.10. The van der Waals surface area contributed by atoms with Crippen LogP contribution in [-0.2, 0) is 11.3 Å². The fourth-order valence-electron chi connectivity index (χ4n) is 2.65. The zero-order chi connectivity index (χ0) is 14.5. The lowest BCUT2D eigenvalue weighted by Crippen LogP contribution is -2.41. The number of rotatable bonds is 3. The first-order valence-electron chi connectivity index (χ1n) is 7.05. The predicted molar refractivity (Wildman–Crippen MR) is 80.5 cm³/mol. The molecule has 110 valence electrons. The maximum Gasteiger partial charge on any atom is 0.224 e. The molecule has 0 aromatic heterocycles. The van der Waals surface area contributed by atoms with E-state index in [0.29, 0.717) is 5.56 Å². The SMILES string of the molecule is NC1CCCCCC1C(=O)NCc1cc(Br)ccc1F. The van der Waals surface area contributed by atoms with Crippen LogP contribution in [0.15, 0.2) is 22.7 Å². The van der Waals surface area contributed by atoms with Gasteiger partial charge in [-0.3, -0.25) is 4.79 Å². The van der Waals surface area contributed by atoms with Gasteiger partial charge in [-0.25, -0.2) is 4.39 Å². The molecule has 0 aliphatic heterocycles. The van der Waals surface area contributed by atoms with Gasteiger partial charge in [-0.2, -0.15) is 0 Å². The highest BCUT2D eigenvalue weighted by Gasteiger charge is 2.26. The summed E-state index contributed by atoms with van der Waals surface area (Å²) in [7, 11) is 0. The molecule has 2 atom stereocenters. The van der Waals surface area contributed by atoms with E-state index in [9.17, 15) is 9.18 Å². The highest BCUT2D eigenvalue weighted by Crippen LogP contribution is 2.22. The van der Waals surface area contributed by atoms with Gasteiger partial charge in [-0.1, -0.05) is 35.2 Å². The van der Waals surface area contributed by atoms with Gasteiger partial charge in [0.25, 0.3) is 0 Å². The van der Waals surface area contributed by atoms with Crippen molar-refractivity contribution in [2.45, 2.75) is 44.7 Å². The van der Waals surface area contributed by atoms with Gasteiger partial charge in [0.05, 0.1) is 5.92 Å². The third kappa shape index (κ3) is 4.03. The zero-order valence-electron chi connectivity index (χ0n) is 11.4. The number of hydrogen-bond donors (Lipinski definition) is 2. The van der Waals surface area contributed by atoms with Crippen LogP contribution in [0.25, 0.3) is 0 Å². The number of benzene rings is 1. The van der Waals surface area contributed by atoms with Gasteiger partial charge in [0.1, 0.15) is 5.82 Å². The maximum absolute atomic E-state index is 13.6. The summed E-state index contributed by atoms with van der Waals surface area (Å²) in [5, 5.41) is 2.82. The molecule has 1 aliphatic rings. The standard InChI is InChI=1S/C15H20BrFN2O/c16-11-6-7-13(17)10(8-11)9-19-15(20)12-4-2-1-3-5-14(12)18/h6-8,12,14H,1-5,9,18H2,(H,19,20). The van der Waals surface area contributed by atoms with Gasteiger partial charge in [0.2, 0.25) is 5.91 Å². The number of carbonyl (C=O) groups is 1. The number of carbonyl (C=O) groups excluding carboxylic acids is 1. The molecule has 1 aromatic carbocycles. The van der Waals surface area contributed by atoms with Crippen LogP contribution in [0.4, 0.5) is 4.39 Å². The maximum atomic E-state index is 13.6. The predicted octanol–water partition coefficient (Wildman–Crippen LogP) is 3.11. The molecule has 0 heterocycles. The average Bonchev–Trinajstić information content (AvgIpc) is 2.64. The first kappa shape index (κ1) is 15.4. The average molecular weight is 343 g/mol. The molecule has 20 heavy (non-hydrogen) atoms. The second-order valence-corrected chi connectivity index (χ2v) is 6.28. The Bertz CT molecular complexity index is 481. The number of halogens is 2. The molecule has 1 aromatic rings. The number of nitrogens with two attached hydrogens (primary N) is 1. The molecule has 3 nitrogen and oxygen atoms in total. The van der Waals surface area contributed by atoms with E-state index in [2.05, 4.69) is 21.2 Å². The van der Waals surface area contributed by atoms with Gasteiger partial charge in [-0.15, -0.1) is 0 Å². The van der Waals surface area contributed by atoms with Crippen molar-refractivity contribution in [2.24, 2.45) is 11.7 Å². The Morgan fingerprint density at radius 1 is 1.35 bits per heavy atom. The monoisotopic (exact) mass is 342 g/mol. The summed E-state index contributed by atoms with van der Waals surface area (Å²) < 4.78 is 14.4. The van der Waals surface area contributed by atoms with Crippen LogP contribution in [0.3, 0.4) is 0 Å². The Kier molecular flexibility index (Phi) is 5.54. The number of amides is 1. The molecule has 1 fully saturated rings. The third-order valence-electron chi connectivity index (χ3n) is 3.87. The second-order valence-electron chi connectivity index (χ2n) is 5.36. The minimum atomic E-state index is -0.307. The van der Waals surface area contributed by atoms with E-state index >= 15 is 0 Å². The Morgan fingerprint density at radius 2 is 2.10 bits per heavy atom. The fourth-order valence-corrected chi connectivity index (χ4v) is 3.06. The van der Waals surface area contributed by atoms with Crippen molar-refractivity contribution in [3.63, 3.8) is 0 Å². The van der Waals surface area contributed by atoms with Crippen molar-refractivity contribution >= 4 is 21.8 Å². The van der Waals surface area contributed by atoms with Gasteiger partial charge < -0.3 is 11.1 Å². The molecule has 5 heteroatoms. The topological polar surface area (TPSA) is 55.1 Å². The lowest BCUT2D eigenvalue weighted by atomic mass is 9.94. The lowest BCUT2D eigenvalue weighted by Gasteiger charge is -2.20. The van der Waals surface area contributed by atoms with Crippen LogP contribution in [0.1, 0.15) is 37.7 Å². The molecule has 1 aliphatic carbocycles. The highest BCUT2D eigenvalue weighted by atomic mass is 79.9. The largest absolute Gasteiger partial charge is 0.352 e. The smallest absolute Gasteiger partial charge is 0.224 e. The normalized spacial score (nSPS) is 23.1. The molecular formula is C15H20BrFN2O. The Hall–Kier alpha value is -0.940. The van der Waals surface area contributed by atoms with Crippen molar-refractivity contribution in [1.82, 2.24) is 5.32 Å². The summed E-state index contributed by atoms with van der Waals surface area (Å²) in [6.45, 7) is 0.202. The summed E-state index contributed by atoms with van der Waals surface area (Å²) in [5.74, 6) is -0.509. The number of nitrogens with one attached hydrogen (secondary N) is 1. The molecule has 0 bridgehead atoms. The Labute approximate surface area is 127 Å². The first-order chi connectivity index (χ1) is 9.58. The van der Waals surface area contributed by atoms with Crippen LogP contribution in [0.5, 0.6) is 0 Å². The van der Waals surface area contributed by atoms with Crippen molar-refractivity contribution in [3.8, 4) is 0 Å². The van der Waals surface area contributed by atoms with Crippen molar-refractivity contribution < 1.29 is 9.18 Å². The van der Waals surface area contributed by atoms with Crippen molar-refractivity contribution in [3.05, 3.63) is 34.1 Å². The van der Waals surface area contributed by atoms with E-state index in [-0.39, 0.29) is 30.2 Å². The molecule has 0 radical (unpaired) electrons. The van der Waals surface area contributed by atoms with E-state index < -0.39 is 0 Å². The summed E-state index contributed by atoms with van der Waals surface area (Å²) >= 11 is 3.30. The van der Waals surface area contributed by atoms with Crippen molar-refractivity contribution in [2.75, 3.05) is 0 Å². The van der Waals surface area contributed by atoms with E-state index in [1.807, 2.05) is 0 Å². The molecular weight excluding hydrogens is 323 g/mol. The van der Waals surface area contributed by atoms with Gasteiger partial charge in [0.15, 0.2) is 0 Å². The minimum Gasteiger partial charge on any atom is -0.352 e. The molecule has 0 saturated heterocycles. The quantitative estimate of drug-likeness (QED) is 0.829. The molecule has 3 N–H and O–H groups in total. The number of hydrogen-bond acceptors (Lipinski definition) is 2. The second kappa shape index (κ2) is 7.18. The van der Waals surface area contributed by atoms with Crippen LogP contribution in [0, 0.1) is 11.7 Å². The van der Waals surface area contributed by atoms with E-state index in [0.717, 1.165) is 36.6 Å². The van der Waals surface area contributed by atoms with E-state index in [1.165, 1.54) is 6.07 Å². The summed E-state index contributed by atoms with van der Waals surface area (Å²) in [4.78, 5) is 12.2. The zero-order valence-corrected chi connectivity index (χ0v) is 13.0. The van der Waals surface area contributed by atoms with Crippen LogP contribution >= 0.6 is 15.9 Å². The van der Waals surface area contributed by atoms with Gasteiger partial charge in [0, 0.05) is 22.6 Å². The van der Waals surface area contributed by atoms with Gasteiger partial charge >= 0.3 is 0 Å². The summed E-state index contributed by atoms with van der Waals surface area (Å²) in [6.07, 6.45) is 4.98. The van der Waals surface area contributed by atoms with E-state index in [1.54, 1.807) is 12.1 Å². The van der Waals surface area contributed by atoms with Crippen LogP contribution in [-0.4, -0.2) is 11.9 Å². The molecule has 1 saturated carbocycles. The van der Waals surface area contributed by atoms with Crippen LogP contribution in [0.2, 0.25) is 0 Å². The van der Waals surface area contributed by atoms with Crippen LogP contribution < -0.4 is 11.1 Å². The lowest BCUT2D eigenvalue weighted by molar-refractivity contribution is -0.126. The van der Waals surface area contributed by atoms with Crippen molar-refractivity contribution in [1.29, 1.82) is 0 Å². The molecule has 2 rings (SSSR count). The Morgan fingerprint density at radius 3 is 2.90 bits per heavy atom. The molecule has 1 amide bonds. The fraction of sp³-hybridized carbons (Fsp3) is 0.533. The summed E-state index contributed by atoms with van der Waals surface area (Å²) in [6, 6.07) is 4.64. The first-order valence-corrected chi connectivity index (χ1v) is 7.84. The van der Waals surface area contributed by atoms with E-state index in [4.69, 9.17) is 5.73 Å². The third-order valence-corrected chi connectivity index (χ3v) is 4.36. The molecule has 2 unspecified atom stereocenters. The Balaban J connectivity index is 1.95. The molecule has 0 spiro atoms. The van der Waals surface area contributed by atoms with Gasteiger partial charge in [-0.05, 0) is 31.0 Å².